The van der Waals surface area contributed by atoms with Crippen molar-refractivity contribution in [3.05, 3.63) is 29.8 Å². The Morgan fingerprint density at radius 2 is 2.06 bits per heavy atom. The normalized spacial score (nSPS) is 27.0. The maximum absolute atomic E-state index is 5.94. The Bertz CT molecular complexity index is 383. The highest BCUT2D eigenvalue weighted by atomic mass is 16.5. The van der Waals surface area contributed by atoms with Crippen LogP contribution in [0.5, 0.6) is 5.75 Å². The second kappa shape index (κ2) is 3.75. The summed E-state index contributed by atoms with van der Waals surface area (Å²) < 4.78 is 11.6. The Morgan fingerprint density at radius 1 is 1.38 bits per heavy atom. The van der Waals surface area contributed by atoms with Crippen LogP contribution >= 0.6 is 0 Å². The van der Waals surface area contributed by atoms with Gasteiger partial charge in [-0.1, -0.05) is 18.2 Å². The molecule has 0 spiro atoms. The highest BCUT2D eigenvalue weighted by Gasteiger charge is 2.44. The van der Waals surface area contributed by atoms with Crippen LogP contribution in [0.3, 0.4) is 0 Å². The van der Waals surface area contributed by atoms with Crippen molar-refractivity contribution in [1.82, 2.24) is 0 Å². The Balaban J connectivity index is 2.55. The summed E-state index contributed by atoms with van der Waals surface area (Å²) in [6, 6.07) is 7.96. The number of fused-ring (bicyclic) bond motifs is 1. The lowest BCUT2D eigenvalue weighted by atomic mass is 9.80. The number of ether oxygens (including phenoxy) is 2. The number of nitrogens with two attached hydrogens (primary N) is 1. The zero-order valence-corrected chi connectivity index (χ0v) is 10.1. The van der Waals surface area contributed by atoms with Crippen molar-refractivity contribution in [2.75, 3.05) is 13.7 Å². The van der Waals surface area contributed by atoms with E-state index >= 15 is 0 Å². The van der Waals surface area contributed by atoms with Crippen LogP contribution < -0.4 is 10.5 Å². The fourth-order valence-corrected chi connectivity index (χ4v) is 2.50. The van der Waals surface area contributed by atoms with E-state index in [0.717, 1.165) is 17.7 Å². The van der Waals surface area contributed by atoms with Crippen molar-refractivity contribution in [2.45, 2.75) is 31.5 Å². The Hall–Kier alpha value is -1.06. The first-order chi connectivity index (χ1) is 7.53. The van der Waals surface area contributed by atoms with Crippen LogP contribution in [0.15, 0.2) is 24.3 Å². The largest absolute Gasteiger partial charge is 0.487 e. The molecule has 1 unspecified atom stereocenters. The quantitative estimate of drug-likeness (QED) is 0.831. The first kappa shape index (κ1) is 11.4. The molecule has 16 heavy (non-hydrogen) atoms. The van der Waals surface area contributed by atoms with Gasteiger partial charge in [-0.2, -0.15) is 0 Å². The van der Waals surface area contributed by atoms with Crippen LogP contribution in [0.2, 0.25) is 0 Å². The van der Waals surface area contributed by atoms with Gasteiger partial charge in [-0.15, -0.1) is 0 Å². The first-order valence-electron chi connectivity index (χ1n) is 5.57. The van der Waals surface area contributed by atoms with Gasteiger partial charge in [0.2, 0.25) is 0 Å². The van der Waals surface area contributed by atoms with Crippen LogP contribution in [0.25, 0.3) is 0 Å². The van der Waals surface area contributed by atoms with Gasteiger partial charge in [-0.05, 0) is 19.9 Å². The van der Waals surface area contributed by atoms with Crippen molar-refractivity contribution in [3.8, 4) is 5.75 Å². The topological polar surface area (TPSA) is 44.5 Å². The van der Waals surface area contributed by atoms with Gasteiger partial charge in [0.25, 0.3) is 0 Å². The molecule has 1 heterocycles. The van der Waals surface area contributed by atoms with E-state index in [1.807, 2.05) is 24.3 Å². The van der Waals surface area contributed by atoms with Gasteiger partial charge in [0.05, 0.1) is 0 Å². The first-order valence-corrected chi connectivity index (χ1v) is 5.57. The minimum Gasteiger partial charge on any atom is -0.487 e. The number of hydrogen-bond donors (Lipinski definition) is 1. The van der Waals surface area contributed by atoms with E-state index in [2.05, 4.69) is 13.8 Å². The molecule has 1 atom stereocenters. The number of hydrogen-bond acceptors (Lipinski definition) is 3. The number of methoxy groups -OCH3 is 1. The molecule has 1 aromatic carbocycles. The molecule has 1 aromatic rings. The molecule has 3 nitrogen and oxygen atoms in total. The zero-order valence-electron chi connectivity index (χ0n) is 10.1. The smallest absolute Gasteiger partial charge is 0.126 e. The summed E-state index contributed by atoms with van der Waals surface area (Å²) in [4.78, 5) is 0. The van der Waals surface area contributed by atoms with E-state index in [-0.39, 0.29) is 5.60 Å². The molecule has 0 saturated carbocycles. The van der Waals surface area contributed by atoms with Gasteiger partial charge in [0.15, 0.2) is 0 Å². The van der Waals surface area contributed by atoms with Crippen molar-refractivity contribution < 1.29 is 9.47 Å². The van der Waals surface area contributed by atoms with Crippen LogP contribution in [-0.4, -0.2) is 19.3 Å². The molecule has 1 aliphatic heterocycles. The molecule has 0 fully saturated rings. The third kappa shape index (κ3) is 1.70. The van der Waals surface area contributed by atoms with Crippen LogP contribution in [0, 0.1) is 0 Å². The molecule has 0 bridgehead atoms. The molecule has 2 N–H and O–H groups in total. The van der Waals surface area contributed by atoms with Gasteiger partial charge >= 0.3 is 0 Å². The molecule has 3 heteroatoms. The fourth-order valence-electron chi connectivity index (χ4n) is 2.50. The third-order valence-electron chi connectivity index (χ3n) is 3.20. The van der Waals surface area contributed by atoms with Gasteiger partial charge in [-0.25, -0.2) is 0 Å². The molecular formula is C13H19NO2. The summed E-state index contributed by atoms with van der Waals surface area (Å²) in [6.07, 6.45) is 0.768. The molecule has 0 aliphatic carbocycles. The van der Waals surface area contributed by atoms with Gasteiger partial charge in [0.1, 0.15) is 17.0 Å². The van der Waals surface area contributed by atoms with E-state index in [9.17, 15) is 0 Å². The molecule has 2 rings (SSSR count). The van der Waals surface area contributed by atoms with E-state index in [0.29, 0.717) is 6.54 Å². The summed E-state index contributed by atoms with van der Waals surface area (Å²) in [6.45, 7) is 4.59. The third-order valence-corrected chi connectivity index (χ3v) is 3.20. The summed E-state index contributed by atoms with van der Waals surface area (Å²) >= 11 is 0. The predicted octanol–water partition coefficient (Wildman–Crippen LogP) is 2.05. The van der Waals surface area contributed by atoms with E-state index < -0.39 is 5.60 Å². The summed E-state index contributed by atoms with van der Waals surface area (Å²) in [7, 11) is 1.71. The van der Waals surface area contributed by atoms with Crippen LogP contribution in [0.1, 0.15) is 25.8 Å². The van der Waals surface area contributed by atoms with Crippen LogP contribution in [-0.2, 0) is 10.3 Å². The summed E-state index contributed by atoms with van der Waals surface area (Å²) in [5, 5.41) is 0. The molecule has 0 saturated heterocycles. The lowest BCUT2D eigenvalue weighted by Gasteiger charge is -2.44. The van der Waals surface area contributed by atoms with Crippen molar-refractivity contribution in [2.24, 2.45) is 5.73 Å². The SMILES string of the molecule is COC1(CN)CC(C)(C)Oc2ccccc21. The zero-order chi connectivity index (χ0) is 11.8. The minimum absolute atomic E-state index is 0.246. The van der Waals surface area contributed by atoms with Crippen molar-refractivity contribution in [1.29, 1.82) is 0 Å². The van der Waals surface area contributed by atoms with Crippen molar-refractivity contribution >= 4 is 0 Å². The monoisotopic (exact) mass is 221 g/mol. The predicted molar refractivity (Wildman–Crippen MR) is 63.5 cm³/mol. The molecular weight excluding hydrogens is 202 g/mol. The fraction of sp³-hybridized carbons (Fsp3) is 0.538. The molecule has 0 aromatic heterocycles. The Labute approximate surface area is 96.5 Å². The lowest BCUT2D eigenvalue weighted by molar-refractivity contribution is -0.0844. The number of benzene rings is 1. The molecule has 0 amide bonds. The van der Waals surface area contributed by atoms with E-state index in [1.165, 1.54) is 0 Å². The lowest BCUT2D eigenvalue weighted by Crippen LogP contribution is -2.49. The molecule has 88 valence electrons. The summed E-state index contributed by atoms with van der Waals surface area (Å²) in [5.41, 5.74) is 6.29. The second-order valence-electron chi connectivity index (χ2n) is 4.94. The average Bonchev–Trinajstić information content (AvgIpc) is 2.26. The Kier molecular flexibility index (Phi) is 2.68. The number of para-hydroxylation sites is 1. The van der Waals surface area contributed by atoms with Crippen LogP contribution in [0.4, 0.5) is 0 Å². The van der Waals surface area contributed by atoms with Crippen molar-refractivity contribution in [3.63, 3.8) is 0 Å². The van der Waals surface area contributed by atoms with E-state index in [1.54, 1.807) is 7.11 Å². The molecule has 0 radical (unpaired) electrons. The number of rotatable bonds is 2. The standard InChI is InChI=1S/C13H19NO2/c1-12(2)8-13(9-14,15-3)10-6-4-5-7-11(10)16-12/h4-7H,8-9,14H2,1-3H3. The maximum Gasteiger partial charge on any atom is 0.126 e. The Morgan fingerprint density at radius 3 is 2.69 bits per heavy atom. The van der Waals surface area contributed by atoms with Gasteiger partial charge in [-0.3, -0.25) is 0 Å². The molecule has 1 aliphatic rings. The highest BCUT2D eigenvalue weighted by Crippen LogP contribution is 2.44. The second-order valence-corrected chi connectivity index (χ2v) is 4.94. The average molecular weight is 221 g/mol. The maximum atomic E-state index is 5.94. The highest BCUT2D eigenvalue weighted by molar-refractivity contribution is 5.41. The van der Waals surface area contributed by atoms with Gasteiger partial charge < -0.3 is 15.2 Å². The summed E-state index contributed by atoms with van der Waals surface area (Å²) in [5.74, 6) is 0.881. The van der Waals surface area contributed by atoms with Gasteiger partial charge in [0, 0.05) is 25.6 Å². The van der Waals surface area contributed by atoms with E-state index in [4.69, 9.17) is 15.2 Å². The minimum atomic E-state index is -0.418.